The highest BCUT2D eigenvalue weighted by Crippen LogP contribution is 2.23. The smallest absolute Gasteiger partial charge is 0.124 e. The van der Waals surface area contributed by atoms with Crippen molar-refractivity contribution in [1.82, 2.24) is 14.5 Å². The van der Waals surface area contributed by atoms with Gasteiger partial charge in [0.1, 0.15) is 11.6 Å². The zero-order valence-electron chi connectivity index (χ0n) is 12.6. The van der Waals surface area contributed by atoms with Crippen molar-refractivity contribution >= 4 is 11.0 Å². The minimum atomic E-state index is 0.129. The molecule has 2 aromatic rings. The Morgan fingerprint density at radius 1 is 1.24 bits per heavy atom. The number of aliphatic hydroxyl groups excluding tert-OH is 1. The van der Waals surface area contributed by atoms with Crippen LogP contribution in [0.4, 0.5) is 0 Å². The molecule has 114 valence electrons. The van der Waals surface area contributed by atoms with Gasteiger partial charge in [0.25, 0.3) is 0 Å². The van der Waals surface area contributed by atoms with Crippen LogP contribution in [0.5, 0.6) is 5.75 Å². The Kier molecular flexibility index (Phi) is 4.41. The van der Waals surface area contributed by atoms with Gasteiger partial charge in [0.15, 0.2) is 0 Å². The SMILES string of the molecule is COc1ccc2c(c1)nc(CN1CCCCC1)n2CCO. The van der Waals surface area contributed by atoms with Crippen molar-refractivity contribution in [2.45, 2.75) is 32.4 Å². The van der Waals surface area contributed by atoms with Crippen molar-refractivity contribution in [2.75, 3.05) is 26.8 Å². The molecule has 1 aromatic heterocycles. The first-order chi connectivity index (χ1) is 10.3. The highest BCUT2D eigenvalue weighted by atomic mass is 16.5. The number of methoxy groups -OCH3 is 1. The van der Waals surface area contributed by atoms with E-state index in [0.717, 1.165) is 42.2 Å². The highest BCUT2D eigenvalue weighted by Gasteiger charge is 2.16. The van der Waals surface area contributed by atoms with Crippen LogP contribution < -0.4 is 4.74 Å². The van der Waals surface area contributed by atoms with Crippen LogP contribution in [0.2, 0.25) is 0 Å². The van der Waals surface area contributed by atoms with Gasteiger partial charge >= 0.3 is 0 Å². The largest absolute Gasteiger partial charge is 0.497 e. The predicted octanol–water partition coefficient (Wildman–Crippen LogP) is 2.02. The fourth-order valence-corrected chi connectivity index (χ4v) is 3.07. The fourth-order valence-electron chi connectivity index (χ4n) is 3.07. The molecular formula is C16H23N3O2. The zero-order valence-corrected chi connectivity index (χ0v) is 12.6. The summed E-state index contributed by atoms with van der Waals surface area (Å²) in [7, 11) is 1.67. The predicted molar refractivity (Wildman–Crippen MR) is 82.5 cm³/mol. The van der Waals surface area contributed by atoms with E-state index in [0.29, 0.717) is 6.54 Å². The van der Waals surface area contributed by atoms with E-state index in [2.05, 4.69) is 9.47 Å². The van der Waals surface area contributed by atoms with Crippen LogP contribution in [0.15, 0.2) is 18.2 Å². The van der Waals surface area contributed by atoms with Gasteiger partial charge in [0, 0.05) is 12.6 Å². The third-order valence-corrected chi connectivity index (χ3v) is 4.17. The number of benzene rings is 1. The summed E-state index contributed by atoms with van der Waals surface area (Å²) < 4.78 is 7.40. The van der Waals surface area contributed by atoms with Gasteiger partial charge in [-0.3, -0.25) is 4.90 Å². The van der Waals surface area contributed by atoms with E-state index < -0.39 is 0 Å². The Balaban J connectivity index is 1.93. The van der Waals surface area contributed by atoms with Gasteiger partial charge in [-0.1, -0.05) is 6.42 Å². The molecule has 0 radical (unpaired) electrons. The van der Waals surface area contributed by atoms with Crippen LogP contribution in [0, 0.1) is 0 Å². The van der Waals surface area contributed by atoms with Crippen molar-refractivity contribution in [3.05, 3.63) is 24.0 Å². The van der Waals surface area contributed by atoms with Gasteiger partial charge in [-0.25, -0.2) is 4.98 Å². The van der Waals surface area contributed by atoms with Crippen LogP contribution in [0.25, 0.3) is 11.0 Å². The van der Waals surface area contributed by atoms with Gasteiger partial charge in [0.2, 0.25) is 0 Å². The minimum Gasteiger partial charge on any atom is -0.497 e. The molecule has 0 spiro atoms. The number of ether oxygens (including phenoxy) is 1. The van der Waals surface area contributed by atoms with Gasteiger partial charge in [-0.2, -0.15) is 0 Å². The van der Waals surface area contributed by atoms with Crippen LogP contribution >= 0.6 is 0 Å². The molecule has 0 atom stereocenters. The molecule has 1 aliphatic rings. The van der Waals surface area contributed by atoms with E-state index in [1.807, 2.05) is 18.2 Å². The zero-order chi connectivity index (χ0) is 14.7. The Labute approximate surface area is 125 Å². The first-order valence-electron chi connectivity index (χ1n) is 7.68. The van der Waals surface area contributed by atoms with Crippen LogP contribution in [-0.4, -0.2) is 46.4 Å². The summed E-state index contributed by atoms with van der Waals surface area (Å²) in [4.78, 5) is 7.22. The van der Waals surface area contributed by atoms with Crippen LogP contribution in [0.1, 0.15) is 25.1 Å². The fraction of sp³-hybridized carbons (Fsp3) is 0.562. The third-order valence-electron chi connectivity index (χ3n) is 4.17. The molecule has 1 aromatic carbocycles. The number of fused-ring (bicyclic) bond motifs is 1. The lowest BCUT2D eigenvalue weighted by Gasteiger charge is -2.26. The second kappa shape index (κ2) is 6.45. The number of aliphatic hydroxyl groups is 1. The van der Waals surface area contributed by atoms with E-state index in [4.69, 9.17) is 9.72 Å². The van der Waals surface area contributed by atoms with E-state index in [1.165, 1.54) is 19.3 Å². The lowest BCUT2D eigenvalue weighted by Crippen LogP contribution is -2.30. The summed E-state index contributed by atoms with van der Waals surface area (Å²) in [5, 5.41) is 9.34. The molecular weight excluding hydrogens is 266 g/mol. The molecule has 3 rings (SSSR count). The Morgan fingerprint density at radius 2 is 2.05 bits per heavy atom. The Hall–Kier alpha value is -1.59. The monoisotopic (exact) mass is 289 g/mol. The number of imidazole rings is 1. The third kappa shape index (κ3) is 3.04. The molecule has 1 N–H and O–H groups in total. The maximum atomic E-state index is 9.34. The topological polar surface area (TPSA) is 50.5 Å². The first kappa shape index (κ1) is 14.4. The van der Waals surface area contributed by atoms with Crippen molar-refractivity contribution < 1.29 is 9.84 Å². The summed E-state index contributed by atoms with van der Waals surface area (Å²) in [6, 6.07) is 5.93. The summed E-state index contributed by atoms with van der Waals surface area (Å²) in [5.41, 5.74) is 2.01. The number of rotatable bonds is 5. The molecule has 21 heavy (non-hydrogen) atoms. The van der Waals surface area contributed by atoms with Crippen molar-refractivity contribution in [2.24, 2.45) is 0 Å². The quantitative estimate of drug-likeness (QED) is 0.915. The molecule has 0 unspecified atom stereocenters. The normalized spacial score (nSPS) is 16.5. The summed E-state index contributed by atoms with van der Waals surface area (Å²) in [5.74, 6) is 1.86. The number of hydrogen-bond acceptors (Lipinski definition) is 4. The molecule has 0 aliphatic carbocycles. The van der Waals surface area contributed by atoms with Gasteiger partial charge in [-0.05, 0) is 38.1 Å². The van der Waals surface area contributed by atoms with E-state index in [-0.39, 0.29) is 6.61 Å². The molecule has 1 fully saturated rings. The summed E-state index contributed by atoms with van der Waals surface area (Å²) >= 11 is 0. The van der Waals surface area contributed by atoms with E-state index in [1.54, 1.807) is 7.11 Å². The minimum absolute atomic E-state index is 0.129. The standard InChI is InChI=1S/C16H23N3O2/c1-21-13-5-6-15-14(11-13)17-16(19(15)9-10-20)12-18-7-3-2-4-8-18/h5-6,11,20H,2-4,7-10,12H2,1H3. The van der Waals surface area contributed by atoms with E-state index >= 15 is 0 Å². The summed E-state index contributed by atoms with van der Waals surface area (Å²) in [6.45, 7) is 3.87. The lowest BCUT2D eigenvalue weighted by molar-refractivity contribution is 0.210. The second-order valence-electron chi connectivity index (χ2n) is 5.59. The average molecular weight is 289 g/mol. The van der Waals surface area contributed by atoms with Crippen molar-refractivity contribution in [3.8, 4) is 5.75 Å². The van der Waals surface area contributed by atoms with Gasteiger partial charge < -0.3 is 14.4 Å². The first-order valence-corrected chi connectivity index (χ1v) is 7.68. The second-order valence-corrected chi connectivity index (χ2v) is 5.59. The summed E-state index contributed by atoms with van der Waals surface area (Å²) in [6.07, 6.45) is 3.88. The van der Waals surface area contributed by atoms with E-state index in [9.17, 15) is 5.11 Å². The molecule has 5 nitrogen and oxygen atoms in total. The molecule has 1 saturated heterocycles. The molecule has 0 saturated carbocycles. The molecule has 0 bridgehead atoms. The molecule has 0 amide bonds. The van der Waals surface area contributed by atoms with Crippen LogP contribution in [-0.2, 0) is 13.1 Å². The molecule has 5 heteroatoms. The van der Waals surface area contributed by atoms with Gasteiger partial charge in [0.05, 0.1) is 31.3 Å². The Bertz CT molecular complexity index is 603. The maximum Gasteiger partial charge on any atom is 0.124 e. The maximum absolute atomic E-state index is 9.34. The van der Waals surface area contributed by atoms with Crippen molar-refractivity contribution in [1.29, 1.82) is 0 Å². The van der Waals surface area contributed by atoms with Crippen LogP contribution in [0.3, 0.4) is 0 Å². The number of piperidine rings is 1. The number of nitrogens with zero attached hydrogens (tertiary/aromatic N) is 3. The highest BCUT2D eigenvalue weighted by molar-refractivity contribution is 5.77. The molecule has 1 aliphatic heterocycles. The number of aromatic nitrogens is 2. The van der Waals surface area contributed by atoms with Crippen molar-refractivity contribution in [3.63, 3.8) is 0 Å². The number of likely N-dealkylation sites (tertiary alicyclic amines) is 1. The Morgan fingerprint density at radius 3 is 2.76 bits per heavy atom. The van der Waals surface area contributed by atoms with Gasteiger partial charge in [-0.15, -0.1) is 0 Å². The average Bonchev–Trinajstić information content (AvgIpc) is 2.85. The lowest BCUT2D eigenvalue weighted by atomic mass is 10.1. The number of hydrogen-bond donors (Lipinski definition) is 1. The molecule has 2 heterocycles.